The Balaban J connectivity index is 1.43. The third-order valence-corrected chi connectivity index (χ3v) is 9.11. The van der Waals surface area contributed by atoms with Crippen LogP contribution in [0.15, 0.2) is 99.6 Å². The number of thiol groups is 1. The zero-order valence-electron chi connectivity index (χ0n) is 14.4. The van der Waals surface area contributed by atoms with Crippen LogP contribution in [-0.2, 0) is 6.61 Å². The number of hydrogen-bond acceptors (Lipinski definition) is 2. The van der Waals surface area contributed by atoms with Crippen molar-refractivity contribution in [2.75, 3.05) is 0 Å². The van der Waals surface area contributed by atoms with Crippen LogP contribution in [0.1, 0.15) is 4.88 Å². The van der Waals surface area contributed by atoms with E-state index < -0.39 is 10.9 Å². The van der Waals surface area contributed by atoms with Crippen LogP contribution in [0.4, 0.5) is 0 Å². The van der Waals surface area contributed by atoms with E-state index in [1.807, 2.05) is 0 Å². The van der Waals surface area contributed by atoms with Gasteiger partial charge in [-0.1, -0.05) is 36.4 Å². The molecule has 0 bridgehead atoms. The van der Waals surface area contributed by atoms with E-state index in [-0.39, 0.29) is 0 Å². The fourth-order valence-electron chi connectivity index (χ4n) is 3.48. The number of hydrogen-bond donors (Lipinski definition) is 1. The molecule has 0 atom stereocenters. The molecule has 0 aliphatic carbocycles. The van der Waals surface area contributed by atoms with Gasteiger partial charge in [-0.15, -0.1) is 11.3 Å². The fourth-order valence-corrected chi connectivity index (χ4v) is 7.75. The summed E-state index contributed by atoms with van der Waals surface area (Å²) in [5, 5.41) is 0. The second kappa shape index (κ2) is 7.34. The number of ether oxygens (including phenoxy) is 1. The first kappa shape index (κ1) is 17.3. The Bertz CT molecular complexity index is 1060. The second-order valence-corrected chi connectivity index (χ2v) is 11.6. The van der Waals surface area contributed by atoms with Crippen LogP contribution in [0.5, 0.6) is 5.75 Å². The predicted octanol–water partition coefficient (Wildman–Crippen LogP) is 7.39. The molecular weight excluding hydrogens is 483 g/mol. The molecule has 2 heterocycles. The van der Waals surface area contributed by atoms with Gasteiger partial charge < -0.3 is 4.74 Å². The van der Waals surface area contributed by atoms with Crippen LogP contribution in [0.3, 0.4) is 0 Å². The Morgan fingerprint density at radius 1 is 0.741 bits per heavy atom. The molecule has 0 unspecified atom stereocenters. The van der Waals surface area contributed by atoms with E-state index in [9.17, 15) is 0 Å². The van der Waals surface area contributed by atoms with Crippen LogP contribution in [-0.4, -0.2) is 0 Å². The lowest BCUT2D eigenvalue weighted by Gasteiger charge is -2.19. The van der Waals surface area contributed by atoms with Gasteiger partial charge in [0, 0.05) is 14.7 Å². The molecule has 0 fully saturated rings. The maximum absolute atomic E-state index is 5.98. The summed E-state index contributed by atoms with van der Waals surface area (Å²) >= 11 is 4.13. The molecule has 134 valence electrons. The zero-order valence-corrected chi connectivity index (χ0v) is 18.3. The van der Waals surface area contributed by atoms with Gasteiger partial charge >= 0.3 is 0 Å². The molecule has 0 amide bonds. The molecule has 1 aliphatic heterocycles. The summed E-state index contributed by atoms with van der Waals surface area (Å²) in [5.41, 5.74) is 2.76. The summed E-state index contributed by atoms with van der Waals surface area (Å²) in [4.78, 5) is 5.54. The van der Waals surface area contributed by atoms with Crippen molar-refractivity contribution in [3.63, 3.8) is 0 Å². The Morgan fingerprint density at radius 3 is 1.96 bits per heavy atom. The lowest BCUT2D eigenvalue weighted by atomic mass is 10.1. The molecule has 5 rings (SSSR count). The molecular formula is C23H17IOS2. The van der Waals surface area contributed by atoms with Crippen molar-refractivity contribution in [2.24, 2.45) is 0 Å². The van der Waals surface area contributed by atoms with Gasteiger partial charge in [-0.05, 0) is 87.1 Å². The average Bonchev–Trinajstić information content (AvgIpc) is 3.28. The molecule has 0 saturated heterocycles. The van der Waals surface area contributed by atoms with E-state index in [0.29, 0.717) is 6.61 Å². The summed E-state index contributed by atoms with van der Waals surface area (Å²) < 4.78 is 7.27. The molecule has 1 nitrogen and oxygen atoms in total. The minimum atomic E-state index is -0.489. The molecule has 1 aromatic heterocycles. The molecule has 0 saturated carbocycles. The number of halogens is 1. The topological polar surface area (TPSA) is 9.23 Å². The minimum Gasteiger partial charge on any atom is -0.488 e. The Morgan fingerprint density at radius 2 is 1.37 bits per heavy atom. The van der Waals surface area contributed by atoms with E-state index in [1.54, 1.807) is 11.3 Å². The van der Waals surface area contributed by atoms with Crippen molar-refractivity contribution in [1.29, 1.82) is 0 Å². The number of benzene rings is 3. The van der Waals surface area contributed by atoms with E-state index >= 15 is 0 Å². The van der Waals surface area contributed by atoms with E-state index in [2.05, 4.69) is 108 Å². The molecule has 0 N–H and O–H groups in total. The lowest BCUT2D eigenvalue weighted by molar-refractivity contribution is 0.309. The zero-order chi connectivity index (χ0) is 18.2. The van der Waals surface area contributed by atoms with Gasteiger partial charge in [-0.2, -0.15) is 10.9 Å². The number of thiophene rings is 1. The van der Waals surface area contributed by atoms with Gasteiger partial charge in [-0.3, -0.25) is 0 Å². The van der Waals surface area contributed by atoms with E-state index in [1.165, 1.54) is 33.6 Å². The minimum absolute atomic E-state index is 0.489. The van der Waals surface area contributed by atoms with Gasteiger partial charge in [-0.25, -0.2) is 0 Å². The molecule has 27 heavy (non-hydrogen) atoms. The van der Waals surface area contributed by atoms with Crippen LogP contribution in [0.2, 0.25) is 0 Å². The number of fused-ring (bicyclic) bond motifs is 3. The third-order valence-electron chi connectivity index (χ3n) is 4.68. The first-order valence-corrected chi connectivity index (χ1v) is 12.0. The van der Waals surface area contributed by atoms with E-state index in [4.69, 9.17) is 4.74 Å². The summed E-state index contributed by atoms with van der Waals surface area (Å²) in [6.45, 7) is 0.632. The molecule has 0 spiro atoms. The molecule has 0 radical (unpaired) electrons. The van der Waals surface area contributed by atoms with Crippen molar-refractivity contribution >= 4 is 44.8 Å². The highest BCUT2D eigenvalue weighted by atomic mass is 127. The van der Waals surface area contributed by atoms with Crippen LogP contribution in [0.25, 0.3) is 11.1 Å². The average molecular weight is 500 g/mol. The summed E-state index contributed by atoms with van der Waals surface area (Å²) in [6, 6.07) is 30.6. The van der Waals surface area contributed by atoms with Crippen molar-refractivity contribution in [2.45, 2.75) is 21.3 Å². The highest BCUT2D eigenvalue weighted by Crippen LogP contribution is 2.62. The van der Waals surface area contributed by atoms with Gasteiger partial charge in [0.1, 0.15) is 12.4 Å². The maximum atomic E-state index is 5.98. The predicted molar refractivity (Wildman–Crippen MR) is 123 cm³/mol. The molecule has 3 aromatic carbocycles. The summed E-state index contributed by atoms with van der Waals surface area (Å²) in [5.74, 6) is 0.929. The van der Waals surface area contributed by atoms with Gasteiger partial charge in [0.2, 0.25) is 0 Å². The first-order valence-electron chi connectivity index (χ1n) is 8.75. The third kappa shape index (κ3) is 3.30. The number of rotatable bonds is 4. The Labute approximate surface area is 179 Å². The van der Waals surface area contributed by atoms with Crippen LogP contribution in [0, 0.1) is 2.88 Å². The smallest absolute Gasteiger partial charge is 0.122 e. The highest BCUT2D eigenvalue weighted by Gasteiger charge is 2.26. The fraction of sp³-hybridized carbons (Fsp3) is 0.0435. The molecule has 1 aliphatic rings. The summed E-state index contributed by atoms with van der Waals surface area (Å²) in [7, 11) is -0.489. The standard InChI is InChI=1S/C23H17IOS2/c24-23-14-11-17(26-23)15-25-16-9-12-18(13-10-16)27-21-7-3-1-5-19(21)20-6-2-4-8-22(20)27/h1-14,27H,15H2. The van der Waals surface area contributed by atoms with Gasteiger partial charge in [0.05, 0.1) is 2.88 Å². The quantitative estimate of drug-likeness (QED) is 0.200. The van der Waals surface area contributed by atoms with Crippen molar-refractivity contribution in [1.82, 2.24) is 0 Å². The van der Waals surface area contributed by atoms with Gasteiger partial charge in [0.15, 0.2) is 0 Å². The summed E-state index contributed by atoms with van der Waals surface area (Å²) in [6.07, 6.45) is 0. The second-order valence-electron chi connectivity index (χ2n) is 6.36. The highest BCUT2D eigenvalue weighted by molar-refractivity contribution is 14.1. The van der Waals surface area contributed by atoms with Crippen molar-refractivity contribution in [3.8, 4) is 16.9 Å². The normalized spacial score (nSPS) is 13.3. The van der Waals surface area contributed by atoms with Crippen molar-refractivity contribution < 1.29 is 4.74 Å². The van der Waals surface area contributed by atoms with Crippen LogP contribution < -0.4 is 4.74 Å². The SMILES string of the molecule is Ic1ccc(COc2ccc([SH]3c4ccccc4-c4ccccc43)cc2)s1. The lowest BCUT2D eigenvalue weighted by Crippen LogP contribution is -1.92. The largest absolute Gasteiger partial charge is 0.488 e. The van der Waals surface area contributed by atoms with Crippen LogP contribution >= 0.6 is 44.8 Å². The van der Waals surface area contributed by atoms with Gasteiger partial charge in [0.25, 0.3) is 0 Å². The molecule has 4 aromatic rings. The monoisotopic (exact) mass is 500 g/mol. The Kier molecular flexibility index (Phi) is 4.71. The first-order chi connectivity index (χ1) is 13.3. The maximum Gasteiger partial charge on any atom is 0.122 e. The Hall–Kier alpha value is -1.76. The van der Waals surface area contributed by atoms with E-state index in [0.717, 1.165) is 5.75 Å². The molecule has 4 heteroatoms. The van der Waals surface area contributed by atoms with Crippen molar-refractivity contribution in [3.05, 3.63) is 92.7 Å².